The molecular weight excluding hydrogens is 311 g/mol. The maximum Gasteiger partial charge on any atom is 0.276 e. The highest BCUT2D eigenvalue weighted by Crippen LogP contribution is 2.26. The number of carbonyl (C=O) groups excluding carboxylic acids is 1. The van der Waals surface area contributed by atoms with Crippen LogP contribution in [0.2, 0.25) is 5.02 Å². The summed E-state index contributed by atoms with van der Waals surface area (Å²) in [5.41, 5.74) is 1.01. The Hall–Kier alpha value is -1.92. The fraction of sp³-hybridized carbons (Fsp3) is 0.333. The van der Waals surface area contributed by atoms with Gasteiger partial charge in [0.05, 0.1) is 18.2 Å². The highest BCUT2D eigenvalue weighted by molar-refractivity contribution is 6.30. The van der Waals surface area contributed by atoms with Gasteiger partial charge in [0.25, 0.3) is 5.91 Å². The molecule has 1 saturated heterocycles. The number of amides is 1. The van der Waals surface area contributed by atoms with E-state index in [0.717, 1.165) is 5.56 Å². The smallest absolute Gasteiger partial charge is 0.276 e. The Morgan fingerprint density at radius 3 is 2.95 bits per heavy atom. The Kier molecular flexibility index (Phi) is 4.13. The number of rotatable bonds is 2. The van der Waals surface area contributed by atoms with Crippen molar-refractivity contribution in [2.24, 2.45) is 0 Å². The molecule has 1 unspecified atom stereocenters. The van der Waals surface area contributed by atoms with Gasteiger partial charge in [-0.25, -0.2) is 4.39 Å². The zero-order valence-corrected chi connectivity index (χ0v) is 12.6. The first kappa shape index (κ1) is 15.0. The quantitative estimate of drug-likeness (QED) is 0.852. The SMILES string of the molecule is Cc1cc(C(=O)N2CCOC(c3ccc(F)c(Cl)c3)C2)no1. The summed E-state index contributed by atoms with van der Waals surface area (Å²) < 4.78 is 23.8. The summed E-state index contributed by atoms with van der Waals surface area (Å²) in [7, 11) is 0. The van der Waals surface area contributed by atoms with Crippen molar-refractivity contribution >= 4 is 17.5 Å². The molecule has 1 aliphatic rings. The second-order valence-corrected chi connectivity index (χ2v) is 5.51. The van der Waals surface area contributed by atoms with Crippen LogP contribution in [0.3, 0.4) is 0 Å². The number of benzene rings is 1. The predicted molar refractivity (Wildman–Crippen MR) is 77.2 cm³/mol. The van der Waals surface area contributed by atoms with Crippen molar-refractivity contribution in [2.45, 2.75) is 13.0 Å². The van der Waals surface area contributed by atoms with Crippen LogP contribution in [-0.2, 0) is 4.74 Å². The van der Waals surface area contributed by atoms with E-state index in [1.807, 2.05) is 0 Å². The zero-order chi connectivity index (χ0) is 15.7. The number of aromatic nitrogens is 1. The highest BCUT2D eigenvalue weighted by Gasteiger charge is 2.28. The molecule has 0 N–H and O–H groups in total. The van der Waals surface area contributed by atoms with E-state index in [1.54, 1.807) is 24.0 Å². The minimum absolute atomic E-state index is 0.0386. The lowest BCUT2D eigenvalue weighted by atomic mass is 10.1. The normalized spacial score (nSPS) is 18.5. The summed E-state index contributed by atoms with van der Waals surface area (Å²) >= 11 is 5.80. The second-order valence-electron chi connectivity index (χ2n) is 5.11. The summed E-state index contributed by atoms with van der Waals surface area (Å²) in [6.45, 7) is 2.94. The molecule has 1 atom stereocenters. The highest BCUT2D eigenvalue weighted by atomic mass is 35.5. The standard InChI is InChI=1S/C15H14ClFN2O3/c1-9-6-13(18-22-9)15(20)19-4-5-21-14(8-19)10-2-3-12(17)11(16)7-10/h2-3,6-7,14H,4-5,8H2,1H3. The van der Waals surface area contributed by atoms with Gasteiger partial charge in [-0.05, 0) is 24.6 Å². The van der Waals surface area contributed by atoms with Crippen molar-refractivity contribution in [3.8, 4) is 0 Å². The van der Waals surface area contributed by atoms with Crippen molar-refractivity contribution in [3.63, 3.8) is 0 Å². The molecule has 2 aromatic rings. The van der Waals surface area contributed by atoms with E-state index in [9.17, 15) is 9.18 Å². The Balaban J connectivity index is 1.76. The van der Waals surface area contributed by atoms with Crippen LogP contribution in [-0.4, -0.2) is 35.7 Å². The number of nitrogens with zero attached hydrogens (tertiary/aromatic N) is 2. The van der Waals surface area contributed by atoms with E-state index in [-0.39, 0.29) is 22.7 Å². The maximum atomic E-state index is 13.2. The monoisotopic (exact) mass is 324 g/mol. The van der Waals surface area contributed by atoms with E-state index in [0.29, 0.717) is 25.5 Å². The number of ether oxygens (including phenoxy) is 1. The van der Waals surface area contributed by atoms with E-state index < -0.39 is 5.82 Å². The van der Waals surface area contributed by atoms with Crippen molar-refractivity contribution in [1.29, 1.82) is 0 Å². The predicted octanol–water partition coefficient (Wildman–Crippen LogP) is 2.99. The topological polar surface area (TPSA) is 55.6 Å². The summed E-state index contributed by atoms with van der Waals surface area (Å²) in [4.78, 5) is 14.0. The van der Waals surface area contributed by atoms with Crippen LogP contribution in [0.25, 0.3) is 0 Å². The van der Waals surface area contributed by atoms with Crippen LogP contribution in [0.15, 0.2) is 28.8 Å². The van der Waals surface area contributed by atoms with Crippen LogP contribution < -0.4 is 0 Å². The fourth-order valence-corrected chi connectivity index (χ4v) is 2.57. The molecule has 7 heteroatoms. The maximum absolute atomic E-state index is 13.2. The molecule has 5 nitrogen and oxygen atoms in total. The van der Waals surface area contributed by atoms with Crippen LogP contribution in [0.1, 0.15) is 27.9 Å². The molecular formula is C15H14ClFN2O3. The van der Waals surface area contributed by atoms with Gasteiger partial charge in [0.2, 0.25) is 0 Å². The molecule has 0 saturated carbocycles. The first-order valence-electron chi connectivity index (χ1n) is 6.84. The van der Waals surface area contributed by atoms with Gasteiger partial charge in [0.15, 0.2) is 5.69 Å². The Bertz CT molecular complexity index is 704. The lowest BCUT2D eigenvalue weighted by molar-refractivity contribution is -0.0231. The molecule has 1 amide bonds. The second kappa shape index (κ2) is 6.06. The van der Waals surface area contributed by atoms with E-state index in [2.05, 4.69) is 5.16 Å². The first-order chi connectivity index (χ1) is 10.5. The van der Waals surface area contributed by atoms with Gasteiger partial charge < -0.3 is 14.2 Å². The Morgan fingerprint density at radius 2 is 2.27 bits per heavy atom. The van der Waals surface area contributed by atoms with Gasteiger partial charge >= 0.3 is 0 Å². The molecule has 0 aliphatic carbocycles. The zero-order valence-electron chi connectivity index (χ0n) is 11.9. The summed E-state index contributed by atoms with van der Waals surface area (Å²) in [6, 6.07) is 6.03. The molecule has 1 aromatic heterocycles. The van der Waals surface area contributed by atoms with Crippen molar-refractivity contribution in [3.05, 3.63) is 52.1 Å². The molecule has 3 rings (SSSR count). The fourth-order valence-electron chi connectivity index (χ4n) is 2.38. The number of aryl methyl sites for hydroxylation is 1. The van der Waals surface area contributed by atoms with Crippen LogP contribution in [0, 0.1) is 12.7 Å². The summed E-state index contributed by atoms with van der Waals surface area (Å²) in [5, 5.41) is 3.78. The first-order valence-corrected chi connectivity index (χ1v) is 7.21. The third-order valence-electron chi connectivity index (χ3n) is 3.52. The summed E-state index contributed by atoms with van der Waals surface area (Å²) in [6.07, 6.45) is -0.344. The molecule has 1 aliphatic heterocycles. The van der Waals surface area contributed by atoms with Gasteiger partial charge in [-0.2, -0.15) is 0 Å². The van der Waals surface area contributed by atoms with E-state index >= 15 is 0 Å². The Morgan fingerprint density at radius 1 is 1.45 bits per heavy atom. The van der Waals surface area contributed by atoms with Gasteiger partial charge in [0.1, 0.15) is 17.7 Å². The van der Waals surface area contributed by atoms with Gasteiger partial charge in [0, 0.05) is 12.6 Å². The van der Waals surface area contributed by atoms with Crippen LogP contribution >= 0.6 is 11.6 Å². The molecule has 22 heavy (non-hydrogen) atoms. The van der Waals surface area contributed by atoms with Crippen molar-refractivity contribution in [2.75, 3.05) is 19.7 Å². The average Bonchev–Trinajstić information content (AvgIpc) is 2.96. The molecule has 1 aromatic carbocycles. The molecule has 0 bridgehead atoms. The number of halogens is 2. The van der Waals surface area contributed by atoms with Crippen LogP contribution in [0.4, 0.5) is 4.39 Å². The molecule has 0 radical (unpaired) electrons. The minimum atomic E-state index is -0.479. The van der Waals surface area contributed by atoms with E-state index in [4.69, 9.17) is 20.9 Å². The Labute approximate surface area is 131 Å². The molecule has 1 fully saturated rings. The molecule has 116 valence electrons. The lowest BCUT2D eigenvalue weighted by Gasteiger charge is -2.32. The summed E-state index contributed by atoms with van der Waals surface area (Å²) in [5.74, 6) is -0.107. The average molecular weight is 325 g/mol. The largest absolute Gasteiger partial charge is 0.370 e. The number of hydrogen-bond donors (Lipinski definition) is 0. The third-order valence-corrected chi connectivity index (χ3v) is 3.81. The minimum Gasteiger partial charge on any atom is -0.370 e. The third kappa shape index (κ3) is 2.98. The van der Waals surface area contributed by atoms with Gasteiger partial charge in [-0.1, -0.05) is 22.8 Å². The molecule has 0 spiro atoms. The number of carbonyl (C=O) groups is 1. The van der Waals surface area contributed by atoms with Gasteiger partial charge in [-0.15, -0.1) is 0 Å². The number of hydrogen-bond acceptors (Lipinski definition) is 4. The van der Waals surface area contributed by atoms with Crippen molar-refractivity contribution < 1.29 is 18.4 Å². The van der Waals surface area contributed by atoms with Crippen LogP contribution in [0.5, 0.6) is 0 Å². The van der Waals surface area contributed by atoms with Crippen molar-refractivity contribution in [1.82, 2.24) is 10.1 Å². The van der Waals surface area contributed by atoms with E-state index in [1.165, 1.54) is 12.1 Å². The van der Waals surface area contributed by atoms with Gasteiger partial charge in [-0.3, -0.25) is 4.79 Å². The number of morpholine rings is 1. The molecule has 2 heterocycles. The lowest BCUT2D eigenvalue weighted by Crippen LogP contribution is -2.42.